The standard InChI is InChI=1S/C58H63NO16/c1-7-34(3)28-42-25-24-41-29-45(71-57(66)50(41)51(42)70-37(6)61)30-44(69-36(5)60)27-26-43-32-67-49(59-43)31-47(35(4)46(62)8-2)72-58-53(75-56(65)40-22-16-11-17-23-40)52(74-55(64)39-20-14-10-15-21-39)48(73-58)33-68-54(63)38-18-12-9-13-19-38/h9-27,32,34-35,44-48,52-53,58,62H,7-8,28-31,33H2,1-6H3/b27-26+/t34-,35+,44-,45-,46+,47-,48+,52+,53-,58-/m0/s1. The number of cyclic esters (lactones) is 1. The van der Waals surface area contributed by atoms with Crippen LogP contribution >= 0.6 is 0 Å². The summed E-state index contributed by atoms with van der Waals surface area (Å²) in [5.41, 5.74) is 2.57. The third-order valence-electron chi connectivity index (χ3n) is 13.1. The van der Waals surface area contributed by atoms with E-state index >= 15 is 0 Å². The van der Waals surface area contributed by atoms with Crippen molar-refractivity contribution in [1.29, 1.82) is 0 Å². The fraction of sp³-hybridized carbons (Fsp3) is 0.397. The van der Waals surface area contributed by atoms with Crippen LogP contribution in [0.3, 0.4) is 0 Å². The van der Waals surface area contributed by atoms with E-state index in [4.69, 9.17) is 42.3 Å². The minimum absolute atomic E-state index is 0.0490. The van der Waals surface area contributed by atoms with Crippen LogP contribution in [0.1, 0.15) is 125 Å². The van der Waals surface area contributed by atoms with Crippen molar-refractivity contribution in [3.63, 3.8) is 0 Å². The highest BCUT2D eigenvalue weighted by atomic mass is 16.7. The lowest BCUT2D eigenvalue weighted by Crippen LogP contribution is -2.44. The number of esters is 6. The lowest BCUT2D eigenvalue weighted by Gasteiger charge is -2.31. The molecule has 5 aromatic rings. The topological polar surface area (TPSA) is 223 Å². The predicted molar refractivity (Wildman–Crippen MR) is 270 cm³/mol. The zero-order valence-corrected chi connectivity index (χ0v) is 42.8. The molecule has 0 radical (unpaired) electrons. The normalized spacial score (nSPS) is 20.1. The van der Waals surface area contributed by atoms with E-state index in [2.05, 4.69) is 18.8 Å². The van der Waals surface area contributed by atoms with E-state index in [1.165, 1.54) is 20.1 Å². The van der Waals surface area contributed by atoms with E-state index in [0.29, 0.717) is 24.1 Å². The molecule has 17 heteroatoms. The highest BCUT2D eigenvalue weighted by Crippen LogP contribution is 2.37. The summed E-state index contributed by atoms with van der Waals surface area (Å²) in [6.45, 7) is 9.81. The Hall–Kier alpha value is -7.47. The third kappa shape index (κ3) is 14.9. The van der Waals surface area contributed by atoms with Crippen molar-refractivity contribution in [2.24, 2.45) is 11.8 Å². The first-order valence-electron chi connectivity index (χ1n) is 25.2. The number of carbonyl (C=O) groups is 6. The summed E-state index contributed by atoms with van der Waals surface area (Å²) < 4.78 is 54.0. The number of hydrogen-bond donors (Lipinski definition) is 1. The van der Waals surface area contributed by atoms with Crippen molar-refractivity contribution >= 4 is 41.9 Å². The first-order chi connectivity index (χ1) is 36.1. The van der Waals surface area contributed by atoms with Crippen LogP contribution in [0.5, 0.6) is 5.75 Å². The van der Waals surface area contributed by atoms with Crippen LogP contribution in [0.25, 0.3) is 6.08 Å². The number of fused-ring (bicyclic) bond motifs is 1. The van der Waals surface area contributed by atoms with Crippen LogP contribution in [0.15, 0.2) is 120 Å². The Balaban J connectivity index is 1.12. The molecule has 2 aliphatic heterocycles. The van der Waals surface area contributed by atoms with Crippen molar-refractivity contribution < 1.29 is 76.2 Å². The number of aromatic nitrogens is 1. The van der Waals surface area contributed by atoms with Crippen LogP contribution < -0.4 is 4.74 Å². The maximum atomic E-state index is 13.8. The van der Waals surface area contributed by atoms with E-state index in [-0.39, 0.29) is 59.1 Å². The van der Waals surface area contributed by atoms with Crippen LogP contribution in [0.2, 0.25) is 0 Å². The molecule has 1 N–H and O–H groups in total. The smallest absolute Gasteiger partial charge is 0.342 e. The molecule has 1 aromatic heterocycles. The van der Waals surface area contributed by atoms with Gasteiger partial charge in [-0.05, 0) is 78.4 Å². The van der Waals surface area contributed by atoms with Gasteiger partial charge in [-0.2, -0.15) is 0 Å². The Bertz CT molecular complexity index is 2780. The van der Waals surface area contributed by atoms with Gasteiger partial charge in [0, 0.05) is 32.6 Å². The molecule has 0 saturated carbocycles. The number of carbonyl (C=O) groups excluding carboxylic acids is 6. The molecule has 3 heterocycles. The van der Waals surface area contributed by atoms with Crippen LogP contribution in [-0.4, -0.2) is 102 Å². The molecule has 0 bridgehead atoms. The molecule has 17 nitrogen and oxygen atoms in total. The average molecular weight is 1030 g/mol. The molecule has 7 rings (SSSR count). The molecular weight excluding hydrogens is 967 g/mol. The minimum atomic E-state index is -1.46. The third-order valence-corrected chi connectivity index (χ3v) is 13.1. The zero-order valence-electron chi connectivity index (χ0n) is 42.8. The Kier molecular flexibility index (Phi) is 19.3. The molecule has 10 atom stereocenters. The Morgan fingerprint density at radius 1 is 0.773 bits per heavy atom. The molecule has 2 aliphatic rings. The van der Waals surface area contributed by atoms with Gasteiger partial charge in [-0.25, -0.2) is 24.2 Å². The van der Waals surface area contributed by atoms with Gasteiger partial charge in [0.15, 0.2) is 24.4 Å². The van der Waals surface area contributed by atoms with Gasteiger partial charge in [-0.1, -0.05) is 101 Å². The fourth-order valence-electron chi connectivity index (χ4n) is 8.84. The van der Waals surface area contributed by atoms with E-state index in [1.807, 2.05) is 12.1 Å². The van der Waals surface area contributed by atoms with E-state index < -0.39 is 97.4 Å². The van der Waals surface area contributed by atoms with Gasteiger partial charge in [0.25, 0.3) is 0 Å². The summed E-state index contributed by atoms with van der Waals surface area (Å²) in [6, 6.07) is 28.3. The van der Waals surface area contributed by atoms with Crippen LogP contribution in [-0.2, 0) is 62.0 Å². The largest absolute Gasteiger partial charge is 0.459 e. The van der Waals surface area contributed by atoms with Gasteiger partial charge in [-0.15, -0.1) is 0 Å². The zero-order chi connectivity index (χ0) is 53.6. The van der Waals surface area contributed by atoms with E-state index in [0.717, 1.165) is 12.0 Å². The van der Waals surface area contributed by atoms with Crippen LogP contribution in [0.4, 0.5) is 0 Å². The van der Waals surface area contributed by atoms with Gasteiger partial charge in [0.2, 0.25) is 0 Å². The number of nitrogens with zero attached hydrogens (tertiary/aromatic N) is 1. The summed E-state index contributed by atoms with van der Waals surface area (Å²) in [6.07, 6.45) is -2.17. The lowest BCUT2D eigenvalue weighted by atomic mass is 9.90. The number of benzene rings is 4. The highest BCUT2D eigenvalue weighted by molar-refractivity contribution is 5.97. The van der Waals surface area contributed by atoms with E-state index in [9.17, 15) is 33.9 Å². The summed E-state index contributed by atoms with van der Waals surface area (Å²) in [7, 11) is 0. The number of ether oxygens (including phenoxy) is 8. The second kappa shape index (κ2) is 26.1. The van der Waals surface area contributed by atoms with Crippen molar-refractivity contribution in [2.75, 3.05) is 6.61 Å². The summed E-state index contributed by atoms with van der Waals surface area (Å²) in [4.78, 5) is 83.5. The maximum absolute atomic E-state index is 13.8. The second-order valence-corrected chi connectivity index (χ2v) is 18.7. The van der Waals surface area contributed by atoms with Crippen molar-refractivity contribution in [2.45, 2.75) is 129 Å². The number of oxazole rings is 1. The van der Waals surface area contributed by atoms with Gasteiger partial charge in [-0.3, -0.25) is 9.59 Å². The number of aliphatic hydroxyl groups excluding tert-OH is 1. The Morgan fingerprint density at radius 3 is 1.97 bits per heavy atom. The summed E-state index contributed by atoms with van der Waals surface area (Å²) in [5.74, 6) is -3.96. The molecular formula is C58H63NO16. The molecule has 0 amide bonds. The molecule has 0 unspecified atom stereocenters. The van der Waals surface area contributed by atoms with Gasteiger partial charge < -0.3 is 47.4 Å². The number of hydrogen-bond acceptors (Lipinski definition) is 17. The molecule has 4 aromatic carbocycles. The predicted octanol–water partition coefficient (Wildman–Crippen LogP) is 8.67. The van der Waals surface area contributed by atoms with Gasteiger partial charge in [0.1, 0.15) is 48.2 Å². The fourth-order valence-corrected chi connectivity index (χ4v) is 8.84. The lowest BCUT2D eigenvalue weighted by molar-refractivity contribution is -0.209. The van der Waals surface area contributed by atoms with Crippen molar-refractivity contribution in [3.8, 4) is 5.75 Å². The monoisotopic (exact) mass is 1030 g/mol. The minimum Gasteiger partial charge on any atom is -0.459 e. The molecule has 396 valence electrons. The van der Waals surface area contributed by atoms with Crippen molar-refractivity contribution in [3.05, 3.63) is 160 Å². The van der Waals surface area contributed by atoms with Crippen LogP contribution in [0, 0.1) is 11.8 Å². The summed E-state index contributed by atoms with van der Waals surface area (Å²) >= 11 is 0. The molecule has 0 aliphatic carbocycles. The molecule has 75 heavy (non-hydrogen) atoms. The average Bonchev–Trinajstić information content (AvgIpc) is 4.00. The first-order valence-corrected chi connectivity index (χ1v) is 25.2. The van der Waals surface area contributed by atoms with Crippen molar-refractivity contribution in [1.82, 2.24) is 4.98 Å². The first kappa shape index (κ1) is 55.3. The molecule has 1 fully saturated rings. The summed E-state index contributed by atoms with van der Waals surface area (Å²) in [5, 5.41) is 11.3. The Morgan fingerprint density at radius 2 is 1.39 bits per heavy atom. The highest BCUT2D eigenvalue weighted by Gasteiger charge is 2.52. The number of rotatable bonds is 23. The quantitative estimate of drug-likeness (QED) is 0.0367. The second-order valence-electron chi connectivity index (χ2n) is 18.7. The SMILES string of the molecule is CC[C@H](C)Cc1ccc2c(c1OC(C)=O)C(=O)O[C@H](C[C@H](/C=C/c1coc(C[C@H](O[C@H]3O[C@H](COC(=O)c4ccccc4)[C@@H](OC(=O)c4ccccc4)[C@@H]3OC(=O)c3ccccc3)[C@H](C)[C@H](O)CC)n1)OC(C)=O)C2. The molecule has 1 saturated heterocycles. The Labute approximate surface area is 435 Å². The van der Waals surface area contributed by atoms with E-state index in [1.54, 1.807) is 117 Å². The number of aliphatic hydroxyl groups is 1. The van der Waals surface area contributed by atoms with Gasteiger partial charge in [0.05, 0.1) is 35.3 Å². The van der Waals surface area contributed by atoms with Gasteiger partial charge >= 0.3 is 35.8 Å². The maximum Gasteiger partial charge on any atom is 0.342 e. The molecule has 0 spiro atoms.